The summed E-state index contributed by atoms with van der Waals surface area (Å²) in [7, 11) is 1.95. The molecule has 0 aliphatic heterocycles. The lowest BCUT2D eigenvalue weighted by Crippen LogP contribution is -2.17. The Morgan fingerprint density at radius 3 is 2.92 bits per heavy atom. The first-order valence-corrected chi connectivity index (χ1v) is 4.88. The van der Waals surface area contributed by atoms with E-state index in [0.29, 0.717) is 6.04 Å². The number of halogens is 1. The molecular formula is C8H14BrN3. The van der Waals surface area contributed by atoms with Crippen molar-refractivity contribution in [2.75, 3.05) is 7.05 Å². The van der Waals surface area contributed by atoms with Crippen LogP contribution in [-0.4, -0.2) is 16.8 Å². The summed E-state index contributed by atoms with van der Waals surface area (Å²) < 4.78 is 3.07. The zero-order chi connectivity index (χ0) is 9.14. The minimum absolute atomic E-state index is 0.335. The van der Waals surface area contributed by atoms with Crippen molar-refractivity contribution in [2.45, 2.75) is 26.4 Å². The van der Waals surface area contributed by atoms with Crippen molar-refractivity contribution in [3.05, 3.63) is 16.4 Å². The predicted octanol–water partition coefficient (Wildman–Crippen LogP) is 1.95. The molecule has 1 aromatic rings. The molecule has 0 saturated heterocycles. The molecule has 0 aliphatic carbocycles. The van der Waals surface area contributed by atoms with Crippen LogP contribution in [0.1, 0.15) is 25.6 Å². The number of nitrogens with zero attached hydrogens (tertiary/aromatic N) is 2. The number of hydrogen-bond donors (Lipinski definition) is 1. The second-order valence-corrected chi connectivity index (χ2v) is 3.56. The molecule has 12 heavy (non-hydrogen) atoms. The van der Waals surface area contributed by atoms with E-state index in [0.717, 1.165) is 11.0 Å². The van der Waals surface area contributed by atoms with Gasteiger partial charge in [0, 0.05) is 12.6 Å². The maximum Gasteiger partial charge on any atom is 0.0692 e. The van der Waals surface area contributed by atoms with Crippen LogP contribution in [0.5, 0.6) is 0 Å². The van der Waals surface area contributed by atoms with Crippen LogP contribution in [0.4, 0.5) is 0 Å². The molecule has 1 heterocycles. The third-order valence-corrected chi connectivity index (χ3v) is 2.59. The Morgan fingerprint density at radius 2 is 2.42 bits per heavy atom. The molecule has 68 valence electrons. The minimum Gasteiger partial charge on any atom is -0.312 e. The van der Waals surface area contributed by atoms with Crippen molar-refractivity contribution < 1.29 is 0 Å². The number of aryl methyl sites for hydroxylation is 1. The van der Waals surface area contributed by atoms with Gasteiger partial charge in [-0.3, -0.25) is 4.68 Å². The van der Waals surface area contributed by atoms with E-state index in [-0.39, 0.29) is 0 Å². The highest BCUT2D eigenvalue weighted by Gasteiger charge is 2.12. The van der Waals surface area contributed by atoms with Gasteiger partial charge in [-0.1, -0.05) is 0 Å². The normalized spacial score (nSPS) is 13.3. The Kier molecular flexibility index (Phi) is 3.29. The zero-order valence-electron chi connectivity index (χ0n) is 7.63. The fourth-order valence-electron chi connectivity index (χ4n) is 1.19. The molecule has 0 spiro atoms. The van der Waals surface area contributed by atoms with E-state index in [1.165, 1.54) is 5.69 Å². The maximum absolute atomic E-state index is 4.23. The SMILES string of the molecule is CCn1ncc(Br)c1C(C)NC. The molecule has 1 rings (SSSR count). The smallest absolute Gasteiger partial charge is 0.0692 e. The summed E-state index contributed by atoms with van der Waals surface area (Å²) in [5.41, 5.74) is 1.21. The first kappa shape index (κ1) is 9.74. The number of nitrogens with one attached hydrogen (secondary N) is 1. The van der Waals surface area contributed by atoms with Gasteiger partial charge in [0.25, 0.3) is 0 Å². The molecule has 0 amide bonds. The fraction of sp³-hybridized carbons (Fsp3) is 0.625. The van der Waals surface area contributed by atoms with Crippen LogP contribution in [-0.2, 0) is 6.54 Å². The van der Waals surface area contributed by atoms with Crippen molar-refractivity contribution in [1.82, 2.24) is 15.1 Å². The average Bonchev–Trinajstić information content (AvgIpc) is 2.45. The largest absolute Gasteiger partial charge is 0.312 e. The highest BCUT2D eigenvalue weighted by Crippen LogP contribution is 2.22. The molecule has 0 aromatic carbocycles. The van der Waals surface area contributed by atoms with E-state index in [1.54, 1.807) is 0 Å². The fourth-order valence-corrected chi connectivity index (χ4v) is 1.83. The Labute approximate surface area is 81.3 Å². The highest BCUT2D eigenvalue weighted by molar-refractivity contribution is 9.10. The molecular weight excluding hydrogens is 218 g/mol. The number of aromatic nitrogens is 2. The van der Waals surface area contributed by atoms with Gasteiger partial charge in [-0.05, 0) is 36.8 Å². The van der Waals surface area contributed by atoms with Gasteiger partial charge in [0.05, 0.1) is 16.4 Å². The van der Waals surface area contributed by atoms with Gasteiger partial charge >= 0.3 is 0 Å². The van der Waals surface area contributed by atoms with Gasteiger partial charge in [-0.2, -0.15) is 5.10 Å². The summed E-state index contributed by atoms with van der Waals surface area (Å²) in [6.45, 7) is 5.12. The van der Waals surface area contributed by atoms with Crippen molar-refractivity contribution in [3.63, 3.8) is 0 Å². The highest BCUT2D eigenvalue weighted by atomic mass is 79.9. The Balaban J connectivity index is 3.01. The molecule has 0 bridgehead atoms. The first-order valence-electron chi connectivity index (χ1n) is 4.09. The molecule has 0 radical (unpaired) electrons. The molecule has 0 fully saturated rings. The average molecular weight is 232 g/mol. The van der Waals surface area contributed by atoms with Crippen LogP contribution in [0.25, 0.3) is 0 Å². The monoisotopic (exact) mass is 231 g/mol. The van der Waals surface area contributed by atoms with E-state index in [1.807, 2.05) is 17.9 Å². The summed E-state index contributed by atoms with van der Waals surface area (Å²) in [4.78, 5) is 0. The van der Waals surface area contributed by atoms with Crippen LogP contribution in [0.15, 0.2) is 10.7 Å². The van der Waals surface area contributed by atoms with Crippen molar-refractivity contribution in [2.24, 2.45) is 0 Å². The second-order valence-electron chi connectivity index (χ2n) is 2.70. The summed E-state index contributed by atoms with van der Waals surface area (Å²) in [6.07, 6.45) is 1.84. The van der Waals surface area contributed by atoms with E-state index in [2.05, 4.69) is 40.2 Å². The lowest BCUT2D eigenvalue weighted by atomic mass is 10.2. The van der Waals surface area contributed by atoms with Crippen LogP contribution >= 0.6 is 15.9 Å². The second kappa shape index (κ2) is 4.05. The van der Waals surface area contributed by atoms with E-state index >= 15 is 0 Å². The lowest BCUT2D eigenvalue weighted by molar-refractivity contribution is 0.543. The quantitative estimate of drug-likeness (QED) is 0.863. The maximum atomic E-state index is 4.23. The van der Waals surface area contributed by atoms with Crippen LogP contribution in [0, 0.1) is 0 Å². The summed E-state index contributed by atoms with van der Waals surface area (Å²) >= 11 is 3.48. The van der Waals surface area contributed by atoms with Crippen molar-refractivity contribution >= 4 is 15.9 Å². The van der Waals surface area contributed by atoms with Gasteiger partial charge in [-0.15, -0.1) is 0 Å². The van der Waals surface area contributed by atoms with Crippen molar-refractivity contribution in [1.29, 1.82) is 0 Å². The Bertz CT molecular complexity index is 257. The van der Waals surface area contributed by atoms with Crippen LogP contribution in [0.3, 0.4) is 0 Å². The van der Waals surface area contributed by atoms with Gasteiger partial charge in [0.1, 0.15) is 0 Å². The molecule has 1 aromatic heterocycles. The Hall–Kier alpha value is -0.350. The summed E-state index contributed by atoms with van der Waals surface area (Å²) in [5.74, 6) is 0. The van der Waals surface area contributed by atoms with Crippen molar-refractivity contribution in [3.8, 4) is 0 Å². The molecule has 1 unspecified atom stereocenters. The standard InChI is InChI=1S/C8H14BrN3/c1-4-12-8(6(2)10-3)7(9)5-11-12/h5-6,10H,4H2,1-3H3. The first-order chi connectivity index (χ1) is 5.70. The molecule has 1 atom stereocenters. The predicted molar refractivity (Wildman–Crippen MR) is 53.1 cm³/mol. The molecule has 1 N–H and O–H groups in total. The zero-order valence-corrected chi connectivity index (χ0v) is 9.22. The Morgan fingerprint density at radius 1 is 1.75 bits per heavy atom. The molecule has 0 saturated carbocycles. The minimum atomic E-state index is 0.335. The molecule has 4 heteroatoms. The van der Waals surface area contributed by atoms with Gasteiger partial charge in [0.15, 0.2) is 0 Å². The lowest BCUT2D eigenvalue weighted by Gasteiger charge is -2.12. The van der Waals surface area contributed by atoms with Gasteiger partial charge in [0.2, 0.25) is 0 Å². The van der Waals surface area contributed by atoms with Crippen LogP contribution < -0.4 is 5.32 Å². The van der Waals surface area contributed by atoms with E-state index in [9.17, 15) is 0 Å². The molecule has 0 aliphatic rings. The van der Waals surface area contributed by atoms with Crippen LogP contribution in [0.2, 0.25) is 0 Å². The third kappa shape index (κ3) is 1.69. The summed E-state index contributed by atoms with van der Waals surface area (Å²) in [5, 5.41) is 7.43. The topological polar surface area (TPSA) is 29.9 Å². The van der Waals surface area contributed by atoms with Gasteiger partial charge in [-0.25, -0.2) is 0 Å². The number of rotatable bonds is 3. The van der Waals surface area contributed by atoms with Gasteiger partial charge < -0.3 is 5.32 Å². The molecule has 3 nitrogen and oxygen atoms in total. The van der Waals surface area contributed by atoms with E-state index < -0.39 is 0 Å². The number of hydrogen-bond acceptors (Lipinski definition) is 2. The van der Waals surface area contributed by atoms with E-state index in [4.69, 9.17) is 0 Å². The third-order valence-electron chi connectivity index (χ3n) is 1.98. The summed E-state index contributed by atoms with van der Waals surface area (Å²) in [6, 6.07) is 0.335.